The van der Waals surface area contributed by atoms with Crippen LogP contribution < -0.4 is 15.4 Å². The summed E-state index contributed by atoms with van der Waals surface area (Å²) in [5, 5.41) is 4.17. The Kier molecular flexibility index (Phi) is 6.12. The number of carbonyl (C=O) groups excluding carboxylic acids is 1. The largest absolute Gasteiger partial charge is 0.492 e. The molecule has 2 N–H and O–H groups in total. The molecule has 3 aromatic rings. The molecule has 0 bridgehead atoms. The third-order valence-corrected chi connectivity index (χ3v) is 4.67. The quantitative estimate of drug-likeness (QED) is 0.586. The average molecular weight is 399 g/mol. The van der Waals surface area contributed by atoms with Crippen molar-refractivity contribution in [1.29, 1.82) is 0 Å². The van der Waals surface area contributed by atoms with E-state index in [-0.39, 0.29) is 17.6 Å². The van der Waals surface area contributed by atoms with E-state index < -0.39 is 0 Å². The van der Waals surface area contributed by atoms with Crippen LogP contribution in [0, 0.1) is 12.7 Å². The molecule has 29 heavy (non-hydrogen) atoms. The Labute approximate surface area is 169 Å². The van der Waals surface area contributed by atoms with Gasteiger partial charge < -0.3 is 15.4 Å². The lowest BCUT2D eigenvalue weighted by Crippen LogP contribution is -2.31. The molecule has 0 amide bonds. The van der Waals surface area contributed by atoms with Gasteiger partial charge in [-0.2, -0.15) is 5.10 Å². The Morgan fingerprint density at radius 2 is 2.14 bits per heavy atom. The zero-order chi connectivity index (χ0) is 21.1. The molecule has 8 heteroatoms. The summed E-state index contributed by atoms with van der Waals surface area (Å²) >= 11 is 0. The van der Waals surface area contributed by atoms with Gasteiger partial charge in [-0.25, -0.2) is 13.9 Å². The van der Waals surface area contributed by atoms with Gasteiger partial charge in [-0.15, -0.1) is 0 Å². The van der Waals surface area contributed by atoms with Gasteiger partial charge in [0.05, 0.1) is 11.8 Å². The highest BCUT2D eigenvalue weighted by Crippen LogP contribution is 2.29. The number of benzene rings is 1. The van der Waals surface area contributed by atoms with Crippen LogP contribution in [-0.4, -0.2) is 39.6 Å². The van der Waals surface area contributed by atoms with Gasteiger partial charge >= 0.3 is 0 Å². The molecule has 1 aromatic carbocycles. The minimum absolute atomic E-state index is 0.0691. The first kappa shape index (κ1) is 20.7. The van der Waals surface area contributed by atoms with Crippen LogP contribution in [0.25, 0.3) is 5.65 Å². The first-order valence-electron chi connectivity index (χ1n) is 9.55. The fourth-order valence-electron chi connectivity index (χ4n) is 3.26. The zero-order valence-corrected chi connectivity index (χ0v) is 17.1. The lowest BCUT2D eigenvalue weighted by Gasteiger charge is -2.29. The number of ketones is 1. The standard InChI is InChI=1S/C21H26FN5O2/c1-13(2)26(12-16-10-17(22)9-14(3)20(16)29-8-6-23)19-5-7-27-21(25-19)18(11-24-27)15(4)28/h5,7,9-11,13H,6,8,12,23H2,1-4H3. The van der Waals surface area contributed by atoms with Crippen molar-refractivity contribution in [3.8, 4) is 5.75 Å². The Bertz CT molecular complexity index is 1030. The monoisotopic (exact) mass is 399 g/mol. The van der Waals surface area contributed by atoms with Crippen LogP contribution in [0.3, 0.4) is 0 Å². The Hall–Kier alpha value is -3.00. The highest BCUT2D eigenvalue weighted by atomic mass is 19.1. The van der Waals surface area contributed by atoms with Crippen molar-refractivity contribution < 1.29 is 13.9 Å². The van der Waals surface area contributed by atoms with Crippen LogP contribution in [0.4, 0.5) is 10.2 Å². The summed E-state index contributed by atoms with van der Waals surface area (Å²) in [5.74, 6) is 0.887. The maximum atomic E-state index is 14.1. The van der Waals surface area contributed by atoms with Gasteiger partial charge in [-0.05, 0) is 51.5 Å². The van der Waals surface area contributed by atoms with Gasteiger partial charge in [-0.1, -0.05) is 0 Å². The van der Waals surface area contributed by atoms with Crippen LogP contribution in [0.1, 0.15) is 42.3 Å². The highest BCUT2D eigenvalue weighted by molar-refractivity contribution is 5.99. The SMILES string of the molecule is CC(=O)c1cnn2ccc(N(Cc3cc(F)cc(C)c3OCCN)C(C)C)nc12. The Balaban J connectivity index is 2.03. The number of halogens is 1. The molecule has 7 nitrogen and oxygen atoms in total. The maximum absolute atomic E-state index is 14.1. The average Bonchev–Trinajstić information content (AvgIpc) is 3.08. The number of Topliss-reactive ketones (excluding diaryl/α,β-unsaturated/α-hetero) is 1. The number of hydrogen-bond donors (Lipinski definition) is 1. The van der Waals surface area contributed by atoms with Crippen molar-refractivity contribution in [2.75, 3.05) is 18.1 Å². The first-order valence-corrected chi connectivity index (χ1v) is 9.55. The minimum atomic E-state index is -0.320. The number of nitrogens with two attached hydrogens (primary N) is 1. The van der Waals surface area contributed by atoms with Crippen molar-refractivity contribution in [1.82, 2.24) is 14.6 Å². The molecule has 0 saturated heterocycles. The molecule has 3 rings (SSSR count). The molecule has 0 unspecified atom stereocenters. The summed E-state index contributed by atoms with van der Waals surface area (Å²) in [6.07, 6.45) is 3.28. The number of hydrogen-bond acceptors (Lipinski definition) is 6. The van der Waals surface area contributed by atoms with Gasteiger partial charge in [0.2, 0.25) is 0 Å². The molecule has 2 aromatic heterocycles. The number of carbonyl (C=O) groups is 1. The third kappa shape index (κ3) is 4.37. The van der Waals surface area contributed by atoms with E-state index >= 15 is 0 Å². The van der Waals surface area contributed by atoms with Crippen LogP contribution in [0.15, 0.2) is 30.6 Å². The van der Waals surface area contributed by atoms with Crippen molar-refractivity contribution in [3.05, 3.63) is 53.1 Å². The van der Waals surface area contributed by atoms with E-state index in [2.05, 4.69) is 10.1 Å². The molecule has 0 atom stereocenters. The van der Waals surface area contributed by atoms with E-state index in [0.717, 1.165) is 5.56 Å². The highest BCUT2D eigenvalue weighted by Gasteiger charge is 2.19. The predicted octanol–water partition coefficient (Wildman–Crippen LogP) is 3.13. The van der Waals surface area contributed by atoms with E-state index in [1.54, 1.807) is 10.7 Å². The van der Waals surface area contributed by atoms with Crippen LogP contribution >= 0.6 is 0 Å². The summed E-state index contributed by atoms with van der Waals surface area (Å²) in [6.45, 7) is 8.47. The summed E-state index contributed by atoms with van der Waals surface area (Å²) in [4.78, 5) is 18.6. The van der Waals surface area contributed by atoms with Crippen molar-refractivity contribution in [2.24, 2.45) is 5.73 Å². The molecule has 0 saturated carbocycles. The predicted molar refractivity (Wildman–Crippen MR) is 110 cm³/mol. The van der Waals surface area contributed by atoms with Crippen molar-refractivity contribution >= 4 is 17.2 Å². The van der Waals surface area contributed by atoms with Gasteiger partial charge in [0.25, 0.3) is 0 Å². The van der Waals surface area contributed by atoms with Crippen molar-refractivity contribution in [3.63, 3.8) is 0 Å². The zero-order valence-electron chi connectivity index (χ0n) is 17.1. The first-order chi connectivity index (χ1) is 13.8. The Morgan fingerprint density at radius 1 is 1.38 bits per heavy atom. The van der Waals surface area contributed by atoms with E-state index in [9.17, 15) is 9.18 Å². The van der Waals surface area contributed by atoms with E-state index in [0.29, 0.717) is 48.0 Å². The van der Waals surface area contributed by atoms with Crippen molar-refractivity contribution in [2.45, 2.75) is 40.3 Å². The molecular formula is C21H26FN5O2. The van der Waals surface area contributed by atoms with Gasteiger partial charge in [0.1, 0.15) is 24.0 Å². The normalized spacial score (nSPS) is 11.3. The summed E-state index contributed by atoms with van der Waals surface area (Å²) < 4.78 is 21.5. The molecule has 154 valence electrons. The van der Waals surface area contributed by atoms with Gasteiger partial charge in [-0.3, -0.25) is 4.79 Å². The lowest BCUT2D eigenvalue weighted by molar-refractivity contribution is 0.101. The molecule has 0 aliphatic heterocycles. The topological polar surface area (TPSA) is 85.8 Å². The van der Waals surface area contributed by atoms with Gasteiger partial charge in [0.15, 0.2) is 11.4 Å². The van der Waals surface area contributed by atoms with Crippen LogP contribution in [-0.2, 0) is 6.54 Å². The van der Waals surface area contributed by atoms with E-state index in [1.165, 1.54) is 25.3 Å². The van der Waals surface area contributed by atoms with E-state index in [4.69, 9.17) is 10.5 Å². The smallest absolute Gasteiger partial charge is 0.168 e. The second-order valence-corrected chi connectivity index (χ2v) is 7.24. The number of nitrogens with zero attached hydrogens (tertiary/aromatic N) is 4. The van der Waals surface area contributed by atoms with Gasteiger partial charge in [0, 0.05) is 30.9 Å². The van der Waals surface area contributed by atoms with E-state index in [1.807, 2.05) is 31.7 Å². The molecule has 0 aliphatic carbocycles. The lowest BCUT2D eigenvalue weighted by atomic mass is 10.1. The molecular weight excluding hydrogens is 373 g/mol. The molecule has 2 heterocycles. The summed E-state index contributed by atoms with van der Waals surface area (Å²) in [7, 11) is 0. The maximum Gasteiger partial charge on any atom is 0.168 e. The fraction of sp³-hybridized carbons (Fsp3) is 0.381. The number of aromatic nitrogens is 3. The number of anilines is 1. The molecule has 0 radical (unpaired) electrons. The van der Waals surface area contributed by atoms with Crippen LogP contribution in [0.2, 0.25) is 0 Å². The molecule has 0 aliphatic rings. The second kappa shape index (κ2) is 8.57. The minimum Gasteiger partial charge on any atom is -0.492 e. The fourth-order valence-corrected chi connectivity index (χ4v) is 3.26. The number of fused-ring (bicyclic) bond motifs is 1. The Morgan fingerprint density at radius 3 is 2.79 bits per heavy atom. The van der Waals surface area contributed by atoms with Crippen LogP contribution in [0.5, 0.6) is 5.75 Å². The summed E-state index contributed by atoms with van der Waals surface area (Å²) in [6, 6.07) is 4.83. The number of ether oxygens (including phenoxy) is 1. The third-order valence-electron chi connectivity index (χ3n) is 4.67. The molecule has 0 spiro atoms. The number of aryl methyl sites for hydroxylation is 1. The summed E-state index contributed by atoms with van der Waals surface area (Å²) in [5.41, 5.74) is 7.96. The second-order valence-electron chi connectivity index (χ2n) is 7.24. The number of rotatable bonds is 8. The molecule has 0 fully saturated rings.